The maximum Gasteiger partial charge on any atom is 0.168 e. The molecule has 1 aliphatic rings. The maximum atomic E-state index is 12.9. The number of ketones is 1. The predicted molar refractivity (Wildman–Crippen MR) is 86.7 cm³/mol. The van der Waals surface area contributed by atoms with Crippen molar-refractivity contribution in [3.05, 3.63) is 34.9 Å². The van der Waals surface area contributed by atoms with Crippen LogP contribution in [-0.4, -0.2) is 18.0 Å². The van der Waals surface area contributed by atoms with E-state index in [0.717, 1.165) is 31.2 Å². The van der Waals surface area contributed by atoms with Crippen molar-refractivity contribution in [3.8, 4) is 0 Å². The Morgan fingerprint density at radius 3 is 2.33 bits per heavy atom. The predicted octanol–water partition coefficient (Wildman–Crippen LogP) is 4.54. The molecule has 2 heteroatoms. The molecule has 0 N–H and O–H groups in total. The smallest absolute Gasteiger partial charge is 0.168 e. The monoisotopic (exact) mass is 288 g/mol. The number of hydrogen-bond acceptors (Lipinski definition) is 2. The second kappa shape index (κ2) is 7.22. The van der Waals surface area contributed by atoms with Crippen LogP contribution in [-0.2, 0) is 16.0 Å². The molecule has 1 saturated carbocycles. The van der Waals surface area contributed by atoms with Crippen LogP contribution in [0.25, 0.3) is 0 Å². The van der Waals surface area contributed by atoms with Crippen molar-refractivity contribution in [1.29, 1.82) is 0 Å². The molecule has 1 aromatic rings. The largest absolute Gasteiger partial charge is 0.367 e. The first kappa shape index (κ1) is 16.2. The van der Waals surface area contributed by atoms with Gasteiger partial charge in [-0.15, -0.1) is 0 Å². The zero-order valence-corrected chi connectivity index (χ0v) is 13.7. The molecule has 1 aliphatic carbocycles. The lowest BCUT2D eigenvalue weighted by atomic mass is 9.86. The normalized spacial score (nSPS) is 18.2. The van der Waals surface area contributed by atoms with Crippen LogP contribution in [0.15, 0.2) is 18.2 Å². The third kappa shape index (κ3) is 3.94. The van der Waals surface area contributed by atoms with Crippen LogP contribution in [0, 0.1) is 13.8 Å². The lowest BCUT2D eigenvalue weighted by Gasteiger charge is -2.31. The van der Waals surface area contributed by atoms with Gasteiger partial charge in [0, 0.05) is 13.0 Å². The maximum absolute atomic E-state index is 12.9. The molecule has 0 saturated heterocycles. The summed E-state index contributed by atoms with van der Waals surface area (Å²) in [6.07, 6.45) is 6.96. The topological polar surface area (TPSA) is 26.3 Å². The van der Waals surface area contributed by atoms with Crippen molar-refractivity contribution in [2.24, 2.45) is 0 Å². The lowest BCUT2D eigenvalue weighted by Crippen LogP contribution is -2.42. The molecular formula is C19H28O2. The van der Waals surface area contributed by atoms with Gasteiger partial charge in [-0.2, -0.15) is 0 Å². The molecule has 1 fully saturated rings. The summed E-state index contributed by atoms with van der Waals surface area (Å²) in [7, 11) is 0. The summed E-state index contributed by atoms with van der Waals surface area (Å²) in [6.45, 7) is 6.83. The van der Waals surface area contributed by atoms with Crippen LogP contribution in [0.5, 0.6) is 0 Å². The fraction of sp³-hybridized carbons (Fsp3) is 0.632. The molecule has 0 atom stereocenters. The van der Waals surface area contributed by atoms with Crippen molar-refractivity contribution < 1.29 is 9.53 Å². The molecule has 0 bridgehead atoms. The fourth-order valence-electron chi connectivity index (χ4n) is 3.34. The Kier molecular flexibility index (Phi) is 5.58. The average molecular weight is 288 g/mol. The lowest BCUT2D eigenvalue weighted by molar-refractivity contribution is -0.145. The first-order valence-electron chi connectivity index (χ1n) is 8.31. The number of carbonyl (C=O) groups excluding carboxylic acids is 1. The molecule has 0 unspecified atom stereocenters. The Hall–Kier alpha value is -1.15. The van der Waals surface area contributed by atoms with E-state index in [4.69, 9.17) is 4.74 Å². The van der Waals surface area contributed by atoms with Crippen LogP contribution in [0.3, 0.4) is 0 Å². The second-order valence-electron chi connectivity index (χ2n) is 6.36. The minimum Gasteiger partial charge on any atom is -0.367 e. The SMILES string of the molecule is CCOC1(C(=O)Cc2ccc(C)c(C)c2)CCCCCC1. The summed E-state index contributed by atoms with van der Waals surface area (Å²) >= 11 is 0. The quantitative estimate of drug-likeness (QED) is 0.743. The van der Waals surface area contributed by atoms with E-state index in [9.17, 15) is 4.79 Å². The van der Waals surface area contributed by atoms with Gasteiger partial charge in [0.2, 0.25) is 0 Å². The molecule has 1 aromatic carbocycles. The average Bonchev–Trinajstić information content (AvgIpc) is 2.70. The van der Waals surface area contributed by atoms with Gasteiger partial charge in [-0.1, -0.05) is 43.9 Å². The van der Waals surface area contributed by atoms with Gasteiger partial charge in [-0.05, 0) is 50.3 Å². The third-order valence-corrected chi connectivity index (χ3v) is 4.78. The van der Waals surface area contributed by atoms with Gasteiger partial charge in [0.05, 0.1) is 0 Å². The summed E-state index contributed by atoms with van der Waals surface area (Å²) < 4.78 is 5.99. The molecule has 2 rings (SSSR count). The van der Waals surface area contributed by atoms with Gasteiger partial charge in [0.15, 0.2) is 5.78 Å². The highest BCUT2D eigenvalue weighted by atomic mass is 16.5. The highest BCUT2D eigenvalue weighted by molar-refractivity contribution is 5.89. The number of Topliss-reactive ketones (excluding diaryl/α,β-unsaturated/α-hetero) is 1. The fourth-order valence-corrected chi connectivity index (χ4v) is 3.34. The van der Waals surface area contributed by atoms with Gasteiger partial charge in [-0.25, -0.2) is 0 Å². The first-order chi connectivity index (χ1) is 10.1. The van der Waals surface area contributed by atoms with E-state index in [1.807, 2.05) is 6.92 Å². The van der Waals surface area contributed by atoms with Crippen LogP contribution >= 0.6 is 0 Å². The Morgan fingerprint density at radius 2 is 1.76 bits per heavy atom. The highest BCUT2D eigenvalue weighted by Crippen LogP contribution is 2.32. The number of hydrogen-bond donors (Lipinski definition) is 0. The minimum atomic E-state index is -0.524. The van der Waals surface area contributed by atoms with E-state index in [2.05, 4.69) is 32.0 Å². The van der Waals surface area contributed by atoms with Crippen LogP contribution in [0.1, 0.15) is 62.1 Å². The van der Waals surface area contributed by atoms with Crippen molar-refractivity contribution in [1.82, 2.24) is 0 Å². The van der Waals surface area contributed by atoms with E-state index in [0.29, 0.717) is 13.0 Å². The van der Waals surface area contributed by atoms with E-state index in [1.54, 1.807) is 0 Å². The van der Waals surface area contributed by atoms with Gasteiger partial charge in [0.25, 0.3) is 0 Å². The first-order valence-corrected chi connectivity index (χ1v) is 8.31. The van der Waals surface area contributed by atoms with Gasteiger partial charge < -0.3 is 4.74 Å². The Labute approximate surface area is 128 Å². The molecule has 2 nitrogen and oxygen atoms in total. The molecule has 0 heterocycles. The number of carbonyl (C=O) groups is 1. The van der Waals surface area contributed by atoms with Crippen LogP contribution in [0.2, 0.25) is 0 Å². The van der Waals surface area contributed by atoms with Crippen molar-refractivity contribution >= 4 is 5.78 Å². The van der Waals surface area contributed by atoms with Crippen LogP contribution in [0.4, 0.5) is 0 Å². The third-order valence-electron chi connectivity index (χ3n) is 4.78. The molecule has 0 aromatic heterocycles. The number of benzene rings is 1. The van der Waals surface area contributed by atoms with Crippen molar-refractivity contribution in [2.45, 2.75) is 71.3 Å². The van der Waals surface area contributed by atoms with Gasteiger partial charge in [-0.3, -0.25) is 4.79 Å². The Morgan fingerprint density at radius 1 is 1.10 bits per heavy atom. The Bertz CT molecular complexity index is 482. The summed E-state index contributed by atoms with van der Waals surface area (Å²) in [5.74, 6) is 0.273. The molecular weight excluding hydrogens is 260 g/mol. The van der Waals surface area contributed by atoms with Crippen molar-refractivity contribution in [2.75, 3.05) is 6.61 Å². The summed E-state index contributed by atoms with van der Waals surface area (Å²) in [4.78, 5) is 12.9. The summed E-state index contributed by atoms with van der Waals surface area (Å²) in [5.41, 5.74) is 3.13. The van der Waals surface area contributed by atoms with Crippen molar-refractivity contribution in [3.63, 3.8) is 0 Å². The minimum absolute atomic E-state index is 0.273. The highest BCUT2D eigenvalue weighted by Gasteiger charge is 2.38. The molecule has 116 valence electrons. The van der Waals surface area contributed by atoms with Gasteiger partial charge in [0.1, 0.15) is 5.60 Å². The second-order valence-corrected chi connectivity index (χ2v) is 6.36. The standard InChI is InChI=1S/C19H28O2/c1-4-21-19(11-7-5-6-8-12-19)18(20)14-17-10-9-15(2)16(3)13-17/h9-10,13H,4-8,11-12,14H2,1-3H3. The molecule has 0 radical (unpaired) electrons. The van der Waals surface area contributed by atoms with E-state index < -0.39 is 5.60 Å². The molecule has 0 spiro atoms. The molecule has 21 heavy (non-hydrogen) atoms. The number of rotatable bonds is 5. The molecule has 0 amide bonds. The zero-order chi connectivity index (χ0) is 15.3. The van der Waals surface area contributed by atoms with Gasteiger partial charge >= 0.3 is 0 Å². The number of aryl methyl sites for hydroxylation is 2. The Balaban J connectivity index is 2.15. The molecule has 0 aliphatic heterocycles. The zero-order valence-electron chi connectivity index (χ0n) is 13.7. The summed E-state index contributed by atoms with van der Waals surface area (Å²) in [6, 6.07) is 6.33. The summed E-state index contributed by atoms with van der Waals surface area (Å²) in [5, 5.41) is 0. The van der Waals surface area contributed by atoms with Crippen LogP contribution < -0.4 is 0 Å². The number of ether oxygens (including phenoxy) is 1. The van der Waals surface area contributed by atoms with E-state index in [-0.39, 0.29) is 5.78 Å². The van der Waals surface area contributed by atoms with E-state index >= 15 is 0 Å². The van der Waals surface area contributed by atoms with E-state index in [1.165, 1.54) is 24.0 Å².